The molecule has 1 aliphatic heterocycles. The monoisotopic (exact) mass is 238 g/mol. The van der Waals surface area contributed by atoms with Gasteiger partial charge in [0.2, 0.25) is 5.89 Å². The fourth-order valence-electron chi connectivity index (χ4n) is 2.19. The Balaban J connectivity index is 1.92. The van der Waals surface area contributed by atoms with Crippen molar-refractivity contribution in [2.75, 3.05) is 18.0 Å². The zero-order valence-electron chi connectivity index (χ0n) is 10.8. The van der Waals surface area contributed by atoms with Gasteiger partial charge < -0.3 is 14.6 Å². The van der Waals surface area contributed by atoms with Gasteiger partial charge in [-0.1, -0.05) is 12.0 Å². The number of aromatic nitrogens is 2. The van der Waals surface area contributed by atoms with Gasteiger partial charge in [0, 0.05) is 12.6 Å². The quantitative estimate of drug-likeness (QED) is 0.795. The van der Waals surface area contributed by atoms with Crippen LogP contribution in [0.15, 0.2) is 4.42 Å². The van der Waals surface area contributed by atoms with Crippen molar-refractivity contribution in [3.8, 4) is 0 Å². The Kier molecular flexibility index (Phi) is 4.36. The highest BCUT2D eigenvalue weighted by Gasteiger charge is 2.22. The Labute approximate surface area is 103 Å². The molecule has 5 heteroatoms. The summed E-state index contributed by atoms with van der Waals surface area (Å²) in [7, 11) is 0. The molecule has 0 bridgehead atoms. The van der Waals surface area contributed by atoms with E-state index in [1.165, 1.54) is 19.3 Å². The number of nitrogens with zero attached hydrogens (tertiary/aromatic N) is 3. The molecule has 17 heavy (non-hydrogen) atoms. The molecule has 1 atom stereocenters. The molecule has 0 saturated carbocycles. The van der Waals surface area contributed by atoms with Gasteiger partial charge in [-0.05, 0) is 39.2 Å². The van der Waals surface area contributed by atoms with Crippen LogP contribution in [0.4, 0.5) is 6.01 Å². The lowest BCUT2D eigenvalue weighted by molar-refractivity contribution is 0.413. The number of anilines is 1. The molecule has 1 saturated heterocycles. The maximum absolute atomic E-state index is 5.68. The second-order valence-corrected chi connectivity index (χ2v) is 4.69. The Hall–Kier alpha value is -1.10. The summed E-state index contributed by atoms with van der Waals surface area (Å²) in [6.45, 7) is 7.05. The first-order valence-electron chi connectivity index (χ1n) is 6.61. The fourth-order valence-corrected chi connectivity index (χ4v) is 2.19. The van der Waals surface area contributed by atoms with Gasteiger partial charge >= 0.3 is 6.01 Å². The zero-order chi connectivity index (χ0) is 12.1. The molecule has 0 amide bonds. The summed E-state index contributed by atoms with van der Waals surface area (Å²) in [6, 6.07) is 1.20. The molecule has 0 radical (unpaired) electrons. The van der Waals surface area contributed by atoms with Crippen LogP contribution in [0, 0.1) is 0 Å². The van der Waals surface area contributed by atoms with Crippen molar-refractivity contribution in [2.45, 2.75) is 52.1 Å². The minimum absolute atomic E-state index is 0.514. The molecule has 0 aromatic carbocycles. The lowest BCUT2D eigenvalue weighted by Crippen LogP contribution is -2.37. The Bertz CT molecular complexity index is 339. The van der Waals surface area contributed by atoms with Gasteiger partial charge in [-0.25, -0.2) is 0 Å². The van der Waals surface area contributed by atoms with Gasteiger partial charge in [0.15, 0.2) is 0 Å². The molecule has 96 valence electrons. The van der Waals surface area contributed by atoms with Crippen molar-refractivity contribution < 1.29 is 4.42 Å². The number of hydrogen-bond donors (Lipinski definition) is 1. The van der Waals surface area contributed by atoms with E-state index in [0.29, 0.717) is 24.5 Å². The lowest BCUT2D eigenvalue weighted by Gasteiger charge is -2.31. The predicted octanol–water partition coefficient (Wildman–Crippen LogP) is 1.95. The average Bonchev–Trinajstić information content (AvgIpc) is 2.79. The summed E-state index contributed by atoms with van der Waals surface area (Å²) in [5.74, 6) is 0.686. The first-order chi connectivity index (χ1) is 8.31. The van der Waals surface area contributed by atoms with Crippen molar-refractivity contribution in [2.24, 2.45) is 0 Å². The number of hydrogen-bond acceptors (Lipinski definition) is 5. The zero-order valence-corrected chi connectivity index (χ0v) is 10.8. The minimum Gasteiger partial charge on any atom is -0.407 e. The van der Waals surface area contributed by atoms with Gasteiger partial charge in [-0.2, -0.15) is 0 Å². The van der Waals surface area contributed by atoms with Crippen molar-refractivity contribution in [1.29, 1.82) is 0 Å². The van der Waals surface area contributed by atoms with Crippen LogP contribution in [0.25, 0.3) is 0 Å². The maximum atomic E-state index is 5.68. The Morgan fingerprint density at radius 2 is 2.29 bits per heavy atom. The maximum Gasteiger partial charge on any atom is 0.318 e. The van der Waals surface area contributed by atoms with E-state index in [1.54, 1.807) is 0 Å². The minimum atomic E-state index is 0.514. The van der Waals surface area contributed by atoms with Gasteiger partial charge in [0.25, 0.3) is 0 Å². The summed E-state index contributed by atoms with van der Waals surface area (Å²) in [6.07, 6.45) is 4.85. The SMILES string of the molecule is CCCNCc1nnc(N2CCCCC2C)o1. The molecule has 1 aliphatic rings. The van der Waals surface area contributed by atoms with Crippen LogP contribution in [0.5, 0.6) is 0 Å². The van der Waals surface area contributed by atoms with Gasteiger partial charge in [-0.3, -0.25) is 0 Å². The molecule has 2 rings (SSSR count). The molecule has 1 aromatic heterocycles. The highest BCUT2D eigenvalue weighted by atomic mass is 16.4. The molecular weight excluding hydrogens is 216 g/mol. The van der Waals surface area contributed by atoms with Crippen LogP contribution >= 0.6 is 0 Å². The third-order valence-electron chi connectivity index (χ3n) is 3.21. The lowest BCUT2D eigenvalue weighted by atomic mass is 10.0. The van der Waals surface area contributed by atoms with Crippen LogP contribution < -0.4 is 10.2 Å². The smallest absolute Gasteiger partial charge is 0.318 e. The second-order valence-electron chi connectivity index (χ2n) is 4.69. The van der Waals surface area contributed by atoms with E-state index >= 15 is 0 Å². The number of nitrogens with one attached hydrogen (secondary N) is 1. The standard InChI is InChI=1S/C12H22N4O/c1-3-7-13-9-11-14-15-12(17-11)16-8-5-4-6-10(16)2/h10,13H,3-9H2,1-2H3. The second kappa shape index (κ2) is 6.00. The van der Waals surface area contributed by atoms with Crippen LogP contribution in [-0.4, -0.2) is 29.3 Å². The van der Waals surface area contributed by atoms with Gasteiger partial charge in [0.05, 0.1) is 6.54 Å². The first-order valence-corrected chi connectivity index (χ1v) is 6.61. The molecule has 1 unspecified atom stereocenters. The first kappa shape index (κ1) is 12.4. The molecule has 1 N–H and O–H groups in total. The topological polar surface area (TPSA) is 54.2 Å². The average molecular weight is 238 g/mol. The summed E-state index contributed by atoms with van der Waals surface area (Å²) in [4.78, 5) is 2.22. The van der Waals surface area contributed by atoms with Crippen LogP contribution in [-0.2, 0) is 6.54 Å². The van der Waals surface area contributed by atoms with Crippen molar-refractivity contribution in [3.05, 3.63) is 5.89 Å². The van der Waals surface area contributed by atoms with E-state index < -0.39 is 0 Å². The summed E-state index contributed by atoms with van der Waals surface area (Å²) in [5.41, 5.74) is 0. The third kappa shape index (κ3) is 3.19. The van der Waals surface area contributed by atoms with Crippen molar-refractivity contribution in [1.82, 2.24) is 15.5 Å². The molecule has 1 fully saturated rings. The van der Waals surface area contributed by atoms with E-state index in [-0.39, 0.29) is 0 Å². The fraction of sp³-hybridized carbons (Fsp3) is 0.833. The largest absolute Gasteiger partial charge is 0.407 e. The summed E-state index contributed by atoms with van der Waals surface area (Å²) in [5, 5.41) is 11.5. The Morgan fingerprint density at radius 1 is 1.41 bits per heavy atom. The number of piperidine rings is 1. The normalized spacial score (nSPS) is 20.8. The summed E-state index contributed by atoms with van der Waals surface area (Å²) >= 11 is 0. The molecule has 2 heterocycles. The number of rotatable bonds is 5. The van der Waals surface area contributed by atoms with E-state index in [2.05, 4.69) is 34.3 Å². The predicted molar refractivity (Wildman–Crippen MR) is 67.0 cm³/mol. The van der Waals surface area contributed by atoms with E-state index in [9.17, 15) is 0 Å². The third-order valence-corrected chi connectivity index (χ3v) is 3.21. The van der Waals surface area contributed by atoms with Crippen LogP contribution in [0.3, 0.4) is 0 Å². The van der Waals surface area contributed by atoms with Gasteiger partial charge in [-0.15, -0.1) is 5.10 Å². The van der Waals surface area contributed by atoms with Gasteiger partial charge in [0.1, 0.15) is 0 Å². The molecule has 1 aromatic rings. The van der Waals surface area contributed by atoms with E-state index in [4.69, 9.17) is 4.42 Å². The van der Waals surface area contributed by atoms with Crippen molar-refractivity contribution in [3.63, 3.8) is 0 Å². The summed E-state index contributed by atoms with van der Waals surface area (Å²) < 4.78 is 5.68. The Morgan fingerprint density at radius 3 is 3.06 bits per heavy atom. The highest BCUT2D eigenvalue weighted by Crippen LogP contribution is 2.23. The van der Waals surface area contributed by atoms with E-state index in [0.717, 1.165) is 19.5 Å². The van der Waals surface area contributed by atoms with Crippen molar-refractivity contribution >= 4 is 6.01 Å². The van der Waals surface area contributed by atoms with E-state index in [1.807, 2.05) is 0 Å². The molecule has 0 spiro atoms. The molecule has 0 aliphatic carbocycles. The van der Waals surface area contributed by atoms with Crippen LogP contribution in [0.2, 0.25) is 0 Å². The molecular formula is C12H22N4O. The molecule has 5 nitrogen and oxygen atoms in total. The van der Waals surface area contributed by atoms with Crippen LogP contribution in [0.1, 0.15) is 45.4 Å². The highest BCUT2D eigenvalue weighted by molar-refractivity contribution is 5.26.